The molecule has 0 aromatic carbocycles. The number of hydrogen-bond donors (Lipinski definition) is 1. The summed E-state index contributed by atoms with van der Waals surface area (Å²) >= 11 is 0. The third-order valence-electron chi connectivity index (χ3n) is 3.08. The fourth-order valence-electron chi connectivity index (χ4n) is 1.79. The molecule has 15 heavy (non-hydrogen) atoms. The van der Waals surface area contributed by atoms with Gasteiger partial charge in [0, 0.05) is 38.9 Å². The van der Waals surface area contributed by atoms with Crippen LogP contribution in [0.4, 0.5) is 0 Å². The molecule has 0 heterocycles. The highest BCUT2D eigenvalue weighted by atomic mass is 16.5. The van der Waals surface area contributed by atoms with E-state index in [1.54, 1.807) is 7.11 Å². The van der Waals surface area contributed by atoms with E-state index >= 15 is 0 Å². The lowest BCUT2D eigenvalue weighted by Crippen LogP contribution is -2.42. The first kappa shape index (κ1) is 12.9. The number of hydrogen-bond acceptors (Lipinski definition) is 3. The van der Waals surface area contributed by atoms with Crippen LogP contribution in [0.3, 0.4) is 0 Å². The molecule has 90 valence electrons. The Balaban J connectivity index is 2.22. The monoisotopic (exact) mass is 214 g/mol. The minimum atomic E-state index is 0.256. The molecule has 1 saturated carbocycles. The van der Waals surface area contributed by atoms with Gasteiger partial charge in [0.25, 0.3) is 0 Å². The van der Waals surface area contributed by atoms with Crippen LogP contribution in [0, 0.1) is 5.92 Å². The van der Waals surface area contributed by atoms with Gasteiger partial charge in [-0.2, -0.15) is 0 Å². The van der Waals surface area contributed by atoms with E-state index in [-0.39, 0.29) is 6.04 Å². The van der Waals surface area contributed by atoms with Gasteiger partial charge in [0.05, 0.1) is 0 Å². The normalized spacial score (nSPS) is 18.8. The molecular weight excluding hydrogens is 188 g/mol. The van der Waals surface area contributed by atoms with Gasteiger partial charge in [0.15, 0.2) is 0 Å². The summed E-state index contributed by atoms with van der Waals surface area (Å²) in [7, 11) is 1.73. The van der Waals surface area contributed by atoms with E-state index in [1.807, 2.05) is 0 Å². The lowest BCUT2D eigenvalue weighted by atomic mass is 10.2. The molecule has 1 fully saturated rings. The molecule has 0 spiro atoms. The van der Waals surface area contributed by atoms with Crippen LogP contribution in [-0.2, 0) is 4.74 Å². The summed E-state index contributed by atoms with van der Waals surface area (Å²) < 4.78 is 5.05. The van der Waals surface area contributed by atoms with Gasteiger partial charge in [-0.15, -0.1) is 0 Å². The van der Waals surface area contributed by atoms with Gasteiger partial charge < -0.3 is 10.5 Å². The Hall–Kier alpha value is -0.120. The first-order valence-electron chi connectivity index (χ1n) is 6.12. The zero-order chi connectivity index (χ0) is 11.3. The average Bonchev–Trinajstić information content (AvgIpc) is 2.97. The topological polar surface area (TPSA) is 38.5 Å². The Morgan fingerprint density at radius 3 is 2.53 bits per heavy atom. The molecular formula is C12H26N2O. The lowest BCUT2D eigenvalue weighted by Gasteiger charge is -2.29. The number of ether oxygens (including phenoxy) is 1. The van der Waals surface area contributed by atoms with Crippen LogP contribution in [0.2, 0.25) is 0 Å². The van der Waals surface area contributed by atoms with Crippen molar-refractivity contribution in [1.82, 2.24) is 4.90 Å². The maximum Gasteiger partial charge on any atom is 0.0477 e. The maximum atomic E-state index is 6.07. The van der Waals surface area contributed by atoms with Gasteiger partial charge in [-0.3, -0.25) is 4.90 Å². The van der Waals surface area contributed by atoms with Crippen LogP contribution in [0.25, 0.3) is 0 Å². The Bertz CT molecular complexity index is 169. The maximum absolute atomic E-state index is 6.07. The Labute approximate surface area is 94.0 Å². The van der Waals surface area contributed by atoms with Crippen molar-refractivity contribution >= 4 is 0 Å². The minimum Gasteiger partial charge on any atom is -0.385 e. The molecule has 3 nitrogen and oxygen atoms in total. The molecule has 0 radical (unpaired) electrons. The smallest absolute Gasteiger partial charge is 0.0477 e. The third kappa shape index (κ3) is 5.50. The quantitative estimate of drug-likeness (QED) is 0.665. The molecule has 0 amide bonds. The van der Waals surface area contributed by atoms with Crippen molar-refractivity contribution in [2.24, 2.45) is 11.7 Å². The molecule has 0 saturated heterocycles. The van der Waals surface area contributed by atoms with E-state index in [0.29, 0.717) is 6.04 Å². The molecule has 1 unspecified atom stereocenters. The van der Waals surface area contributed by atoms with Crippen LogP contribution in [0.5, 0.6) is 0 Å². The Morgan fingerprint density at radius 1 is 1.40 bits per heavy atom. The van der Waals surface area contributed by atoms with Crippen LogP contribution in [-0.4, -0.2) is 43.8 Å². The lowest BCUT2D eigenvalue weighted by molar-refractivity contribution is 0.160. The zero-order valence-corrected chi connectivity index (χ0v) is 10.4. The first-order valence-corrected chi connectivity index (χ1v) is 6.12. The molecule has 0 aliphatic heterocycles. The van der Waals surface area contributed by atoms with Crippen LogP contribution >= 0.6 is 0 Å². The first-order chi connectivity index (χ1) is 7.13. The largest absolute Gasteiger partial charge is 0.385 e. The van der Waals surface area contributed by atoms with E-state index < -0.39 is 0 Å². The molecule has 1 atom stereocenters. The van der Waals surface area contributed by atoms with E-state index in [0.717, 1.165) is 25.5 Å². The van der Waals surface area contributed by atoms with Gasteiger partial charge in [0.1, 0.15) is 0 Å². The predicted octanol–water partition coefficient (Wildman–Crippen LogP) is 1.47. The zero-order valence-electron chi connectivity index (χ0n) is 10.4. The predicted molar refractivity (Wildman–Crippen MR) is 63.9 cm³/mol. The van der Waals surface area contributed by atoms with E-state index in [4.69, 9.17) is 10.5 Å². The molecule has 0 bridgehead atoms. The summed E-state index contributed by atoms with van der Waals surface area (Å²) in [5.41, 5.74) is 6.07. The van der Waals surface area contributed by atoms with Gasteiger partial charge in [-0.05, 0) is 39.0 Å². The van der Waals surface area contributed by atoms with Gasteiger partial charge in [-0.1, -0.05) is 0 Å². The molecule has 1 aliphatic rings. The molecule has 0 aromatic rings. The fourth-order valence-corrected chi connectivity index (χ4v) is 1.79. The molecule has 2 N–H and O–H groups in total. The number of methoxy groups -OCH3 is 1. The highest BCUT2D eigenvalue weighted by Crippen LogP contribution is 2.30. The van der Waals surface area contributed by atoms with Crippen molar-refractivity contribution in [3.05, 3.63) is 0 Å². The minimum absolute atomic E-state index is 0.256. The fraction of sp³-hybridized carbons (Fsp3) is 1.00. The second kappa shape index (κ2) is 6.46. The van der Waals surface area contributed by atoms with Gasteiger partial charge in [0.2, 0.25) is 0 Å². The van der Waals surface area contributed by atoms with Crippen molar-refractivity contribution in [2.45, 2.75) is 45.2 Å². The summed E-state index contributed by atoms with van der Waals surface area (Å²) in [5.74, 6) is 0.946. The summed E-state index contributed by atoms with van der Waals surface area (Å²) in [6.07, 6.45) is 3.79. The standard InChI is InChI=1S/C12H26N2O/c1-10(2)14(8-11-4-5-11)9-12(13)6-7-15-3/h10-12H,4-9,13H2,1-3H3. The van der Waals surface area contributed by atoms with Crippen molar-refractivity contribution in [1.29, 1.82) is 0 Å². The number of nitrogens with zero attached hydrogens (tertiary/aromatic N) is 1. The molecule has 1 rings (SSSR count). The second-order valence-electron chi connectivity index (χ2n) is 5.03. The molecule has 3 heteroatoms. The second-order valence-corrected chi connectivity index (χ2v) is 5.03. The van der Waals surface area contributed by atoms with Crippen LogP contribution < -0.4 is 5.73 Å². The van der Waals surface area contributed by atoms with Crippen molar-refractivity contribution in [3.8, 4) is 0 Å². The van der Waals surface area contributed by atoms with Crippen LogP contribution in [0.1, 0.15) is 33.1 Å². The highest BCUT2D eigenvalue weighted by molar-refractivity contribution is 4.80. The van der Waals surface area contributed by atoms with E-state index in [1.165, 1.54) is 19.4 Å². The summed E-state index contributed by atoms with van der Waals surface area (Å²) in [6.45, 7) is 7.53. The highest BCUT2D eigenvalue weighted by Gasteiger charge is 2.26. The van der Waals surface area contributed by atoms with E-state index in [9.17, 15) is 0 Å². The van der Waals surface area contributed by atoms with E-state index in [2.05, 4.69) is 18.7 Å². The third-order valence-corrected chi connectivity index (χ3v) is 3.08. The van der Waals surface area contributed by atoms with Crippen LogP contribution in [0.15, 0.2) is 0 Å². The Kier molecular flexibility index (Phi) is 5.58. The van der Waals surface area contributed by atoms with Gasteiger partial charge >= 0.3 is 0 Å². The van der Waals surface area contributed by atoms with Crippen molar-refractivity contribution in [2.75, 3.05) is 26.8 Å². The molecule has 1 aliphatic carbocycles. The average molecular weight is 214 g/mol. The van der Waals surface area contributed by atoms with Crippen molar-refractivity contribution in [3.63, 3.8) is 0 Å². The summed E-state index contributed by atoms with van der Waals surface area (Å²) in [4.78, 5) is 2.51. The number of nitrogens with two attached hydrogens (primary N) is 1. The SMILES string of the molecule is COCCC(N)CN(CC1CC1)C(C)C. The summed E-state index contributed by atoms with van der Waals surface area (Å²) in [5, 5.41) is 0. The van der Waals surface area contributed by atoms with Crippen molar-refractivity contribution < 1.29 is 4.74 Å². The Morgan fingerprint density at radius 2 is 2.07 bits per heavy atom. The molecule has 0 aromatic heterocycles. The van der Waals surface area contributed by atoms with Gasteiger partial charge in [-0.25, -0.2) is 0 Å². The summed E-state index contributed by atoms with van der Waals surface area (Å²) in [6, 6.07) is 0.866. The number of rotatable bonds is 8.